The van der Waals surface area contributed by atoms with Gasteiger partial charge in [-0.15, -0.1) is 10.2 Å². The summed E-state index contributed by atoms with van der Waals surface area (Å²) in [5.74, 6) is 2.33. The molecule has 0 aliphatic carbocycles. The fourth-order valence-electron chi connectivity index (χ4n) is 1.55. The molecule has 2 aromatic rings. The number of thiol groups is 1. The van der Waals surface area contributed by atoms with Crippen LogP contribution in [0.15, 0.2) is 36.4 Å². The Bertz CT molecular complexity index is 502. The fourth-order valence-corrected chi connectivity index (χ4v) is 1.66. The van der Waals surface area contributed by atoms with Gasteiger partial charge < -0.3 is 10.1 Å². The van der Waals surface area contributed by atoms with Crippen LogP contribution in [0.3, 0.4) is 0 Å². The van der Waals surface area contributed by atoms with Gasteiger partial charge in [0.05, 0.1) is 12.8 Å². The van der Waals surface area contributed by atoms with Crippen molar-refractivity contribution in [2.24, 2.45) is 0 Å². The van der Waals surface area contributed by atoms with E-state index in [1.165, 1.54) is 0 Å². The highest BCUT2D eigenvalue weighted by Gasteiger charge is 2.02. The van der Waals surface area contributed by atoms with Crippen molar-refractivity contribution in [2.75, 3.05) is 24.7 Å². The average molecular weight is 261 g/mol. The Labute approximate surface area is 112 Å². The van der Waals surface area contributed by atoms with E-state index < -0.39 is 0 Å². The third-order valence-corrected chi connectivity index (χ3v) is 2.67. The first-order valence-corrected chi connectivity index (χ1v) is 6.29. The Hall–Kier alpha value is -1.75. The van der Waals surface area contributed by atoms with Crippen LogP contribution in [0.2, 0.25) is 0 Å². The molecule has 1 heterocycles. The van der Waals surface area contributed by atoms with Gasteiger partial charge in [-0.3, -0.25) is 0 Å². The van der Waals surface area contributed by atoms with Crippen molar-refractivity contribution in [1.82, 2.24) is 10.2 Å². The number of nitrogens with zero attached hydrogens (tertiary/aromatic N) is 2. The zero-order valence-corrected chi connectivity index (χ0v) is 11.0. The minimum atomic E-state index is 0.760. The van der Waals surface area contributed by atoms with Crippen LogP contribution in [0.5, 0.6) is 5.75 Å². The number of anilines is 1. The molecular formula is C13H15N3OS. The number of nitrogens with one attached hydrogen (secondary N) is 1. The molecule has 0 saturated carbocycles. The summed E-state index contributed by atoms with van der Waals surface area (Å²) in [5.41, 5.74) is 1.81. The SMILES string of the molecule is COc1cccc(-c2ccc(NCCS)nn2)c1. The van der Waals surface area contributed by atoms with Crippen molar-refractivity contribution in [3.05, 3.63) is 36.4 Å². The molecule has 4 nitrogen and oxygen atoms in total. The van der Waals surface area contributed by atoms with Crippen LogP contribution in [-0.2, 0) is 0 Å². The maximum Gasteiger partial charge on any atom is 0.148 e. The molecule has 0 amide bonds. The van der Waals surface area contributed by atoms with Gasteiger partial charge in [0.25, 0.3) is 0 Å². The highest BCUT2D eigenvalue weighted by Crippen LogP contribution is 2.21. The lowest BCUT2D eigenvalue weighted by Gasteiger charge is -2.05. The Morgan fingerprint density at radius 3 is 2.78 bits per heavy atom. The molecule has 0 fully saturated rings. The van der Waals surface area contributed by atoms with Crippen LogP contribution in [0.25, 0.3) is 11.3 Å². The topological polar surface area (TPSA) is 47.0 Å². The smallest absolute Gasteiger partial charge is 0.148 e. The van der Waals surface area contributed by atoms with E-state index in [1.807, 2.05) is 36.4 Å². The van der Waals surface area contributed by atoms with Crippen molar-refractivity contribution < 1.29 is 4.74 Å². The Morgan fingerprint density at radius 2 is 2.11 bits per heavy atom. The maximum atomic E-state index is 5.18. The van der Waals surface area contributed by atoms with Crippen molar-refractivity contribution in [1.29, 1.82) is 0 Å². The number of aromatic nitrogens is 2. The molecule has 0 bridgehead atoms. The summed E-state index contributed by atoms with van der Waals surface area (Å²) >= 11 is 4.13. The van der Waals surface area contributed by atoms with Crippen LogP contribution in [0, 0.1) is 0 Å². The van der Waals surface area contributed by atoms with E-state index in [4.69, 9.17) is 4.74 Å². The molecular weight excluding hydrogens is 246 g/mol. The molecule has 0 radical (unpaired) electrons. The van der Waals surface area contributed by atoms with Crippen molar-refractivity contribution >= 4 is 18.4 Å². The number of benzene rings is 1. The molecule has 1 aromatic heterocycles. The molecule has 5 heteroatoms. The van der Waals surface area contributed by atoms with E-state index in [1.54, 1.807) is 7.11 Å². The van der Waals surface area contributed by atoms with Crippen molar-refractivity contribution in [2.45, 2.75) is 0 Å². The largest absolute Gasteiger partial charge is 0.497 e. The third-order valence-electron chi connectivity index (χ3n) is 2.45. The third kappa shape index (κ3) is 3.13. The van der Waals surface area contributed by atoms with Gasteiger partial charge in [0.15, 0.2) is 0 Å². The van der Waals surface area contributed by atoms with E-state index in [9.17, 15) is 0 Å². The molecule has 1 aromatic carbocycles. The Balaban J connectivity index is 2.17. The number of ether oxygens (including phenoxy) is 1. The fraction of sp³-hybridized carbons (Fsp3) is 0.231. The summed E-state index contributed by atoms with van der Waals surface area (Å²) < 4.78 is 5.18. The van der Waals surface area contributed by atoms with Crippen LogP contribution in [0.4, 0.5) is 5.82 Å². The quantitative estimate of drug-likeness (QED) is 0.812. The van der Waals surface area contributed by atoms with Crippen LogP contribution in [0.1, 0.15) is 0 Å². The summed E-state index contributed by atoms with van der Waals surface area (Å²) in [7, 11) is 1.65. The molecule has 0 aliphatic heterocycles. The molecule has 0 saturated heterocycles. The van der Waals surface area contributed by atoms with Gasteiger partial charge in [-0.25, -0.2) is 0 Å². The van der Waals surface area contributed by atoms with Gasteiger partial charge in [-0.2, -0.15) is 12.6 Å². The summed E-state index contributed by atoms with van der Waals surface area (Å²) in [5, 5.41) is 11.4. The average Bonchev–Trinajstić information content (AvgIpc) is 2.46. The molecule has 0 spiro atoms. The van der Waals surface area contributed by atoms with Crippen LogP contribution >= 0.6 is 12.6 Å². The van der Waals surface area contributed by atoms with E-state index in [-0.39, 0.29) is 0 Å². The number of methoxy groups -OCH3 is 1. The minimum Gasteiger partial charge on any atom is -0.497 e. The lowest BCUT2D eigenvalue weighted by atomic mass is 10.1. The first kappa shape index (κ1) is 12.7. The Kier molecular flexibility index (Phi) is 4.41. The predicted octanol–water partition coefficient (Wildman–Crippen LogP) is 2.49. The van der Waals surface area contributed by atoms with E-state index >= 15 is 0 Å². The van der Waals surface area contributed by atoms with Gasteiger partial charge in [-0.05, 0) is 24.3 Å². The minimum absolute atomic E-state index is 0.760. The summed E-state index contributed by atoms with van der Waals surface area (Å²) in [6, 6.07) is 11.6. The highest BCUT2D eigenvalue weighted by atomic mass is 32.1. The summed E-state index contributed by atoms with van der Waals surface area (Å²) in [6.07, 6.45) is 0. The van der Waals surface area contributed by atoms with Gasteiger partial charge in [0, 0.05) is 17.9 Å². The molecule has 1 N–H and O–H groups in total. The lowest BCUT2D eigenvalue weighted by Crippen LogP contribution is -2.05. The first-order valence-electron chi connectivity index (χ1n) is 5.66. The maximum absolute atomic E-state index is 5.18. The van der Waals surface area contributed by atoms with Crippen LogP contribution in [-0.4, -0.2) is 29.6 Å². The molecule has 2 rings (SSSR count). The summed E-state index contributed by atoms with van der Waals surface area (Å²) in [4.78, 5) is 0. The van der Waals surface area contributed by atoms with Gasteiger partial charge in [-0.1, -0.05) is 12.1 Å². The lowest BCUT2D eigenvalue weighted by molar-refractivity contribution is 0.415. The van der Waals surface area contributed by atoms with E-state index in [0.29, 0.717) is 0 Å². The summed E-state index contributed by atoms with van der Waals surface area (Å²) in [6.45, 7) is 0.774. The van der Waals surface area contributed by atoms with E-state index in [0.717, 1.165) is 35.1 Å². The monoisotopic (exact) mass is 261 g/mol. The molecule has 0 atom stereocenters. The predicted molar refractivity (Wildman–Crippen MR) is 76.4 cm³/mol. The van der Waals surface area contributed by atoms with Crippen LogP contribution < -0.4 is 10.1 Å². The standard InChI is InChI=1S/C13H15N3OS/c1-17-11-4-2-3-10(9-11)12-5-6-13(16-15-12)14-7-8-18/h2-6,9,18H,7-8H2,1H3,(H,14,16). The number of rotatable bonds is 5. The van der Waals surface area contributed by atoms with Gasteiger partial charge in [0.2, 0.25) is 0 Å². The first-order chi connectivity index (χ1) is 8.83. The van der Waals surface area contributed by atoms with Crippen molar-refractivity contribution in [3.63, 3.8) is 0 Å². The normalized spacial score (nSPS) is 10.1. The van der Waals surface area contributed by atoms with Gasteiger partial charge >= 0.3 is 0 Å². The number of hydrogen-bond donors (Lipinski definition) is 2. The highest BCUT2D eigenvalue weighted by molar-refractivity contribution is 7.80. The second-order valence-corrected chi connectivity index (χ2v) is 4.13. The van der Waals surface area contributed by atoms with Crippen molar-refractivity contribution in [3.8, 4) is 17.0 Å². The zero-order valence-electron chi connectivity index (χ0n) is 10.1. The Morgan fingerprint density at radius 1 is 1.22 bits per heavy atom. The van der Waals surface area contributed by atoms with E-state index in [2.05, 4.69) is 28.1 Å². The second kappa shape index (κ2) is 6.26. The van der Waals surface area contributed by atoms with Gasteiger partial charge in [0.1, 0.15) is 11.6 Å². The molecule has 0 aliphatic rings. The number of hydrogen-bond acceptors (Lipinski definition) is 5. The molecule has 94 valence electrons. The molecule has 18 heavy (non-hydrogen) atoms. The zero-order chi connectivity index (χ0) is 12.8. The molecule has 0 unspecified atom stereocenters. The second-order valence-electron chi connectivity index (χ2n) is 3.69.